The normalized spacial score (nSPS) is 11.5. The SMILES string of the molecule is CCCCC(=O)N(C(=O)OCc1ccccc1)C(Cc1ccc(-c2ccccc2C#N)cc1)C(C)C. The highest BCUT2D eigenvalue weighted by molar-refractivity contribution is 5.92. The zero-order valence-corrected chi connectivity index (χ0v) is 21.3. The minimum Gasteiger partial charge on any atom is -0.444 e. The van der Waals surface area contributed by atoms with Gasteiger partial charge < -0.3 is 4.74 Å². The van der Waals surface area contributed by atoms with Crippen LogP contribution in [0.4, 0.5) is 4.79 Å². The van der Waals surface area contributed by atoms with Gasteiger partial charge in [-0.3, -0.25) is 4.79 Å². The van der Waals surface area contributed by atoms with E-state index in [0.29, 0.717) is 18.4 Å². The van der Waals surface area contributed by atoms with Gasteiger partial charge in [-0.15, -0.1) is 0 Å². The molecule has 2 amide bonds. The molecule has 1 unspecified atom stereocenters. The molecule has 1 atom stereocenters. The van der Waals surface area contributed by atoms with Gasteiger partial charge in [0, 0.05) is 12.5 Å². The van der Waals surface area contributed by atoms with Crippen molar-refractivity contribution in [2.75, 3.05) is 0 Å². The summed E-state index contributed by atoms with van der Waals surface area (Å²) < 4.78 is 5.60. The lowest BCUT2D eigenvalue weighted by atomic mass is 9.93. The first-order chi connectivity index (χ1) is 17.4. The van der Waals surface area contributed by atoms with Crippen molar-refractivity contribution in [2.45, 2.75) is 59.1 Å². The number of nitriles is 1. The van der Waals surface area contributed by atoms with Crippen molar-refractivity contribution in [1.29, 1.82) is 5.26 Å². The molecule has 0 fully saturated rings. The quantitative estimate of drug-likeness (QED) is 0.308. The minimum atomic E-state index is -0.599. The van der Waals surface area contributed by atoms with E-state index in [2.05, 4.69) is 6.07 Å². The Morgan fingerprint density at radius 2 is 1.58 bits per heavy atom. The monoisotopic (exact) mass is 482 g/mol. The van der Waals surface area contributed by atoms with E-state index in [1.54, 1.807) is 6.07 Å². The molecule has 0 aliphatic rings. The Labute approximate surface area is 214 Å². The van der Waals surface area contributed by atoms with E-state index in [0.717, 1.165) is 35.1 Å². The summed E-state index contributed by atoms with van der Waals surface area (Å²) >= 11 is 0. The summed E-state index contributed by atoms with van der Waals surface area (Å²) in [5.74, 6) is -0.160. The number of benzene rings is 3. The number of hydrogen-bond acceptors (Lipinski definition) is 4. The van der Waals surface area contributed by atoms with Crippen LogP contribution in [-0.2, 0) is 22.6 Å². The number of ether oxygens (including phenoxy) is 1. The number of rotatable bonds is 10. The summed E-state index contributed by atoms with van der Waals surface area (Å²) in [6.45, 7) is 6.19. The molecule has 0 bridgehead atoms. The molecular weight excluding hydrogens is 448 g/mol. The second kappa shape index (κ2) is 13.3. The molecule has 5 nitrogen and oxygen atoms in total. The Morgan fingerprint density at radius 1 is 0.917 bits per heavy atom. The van der Waals surface area contributed by atoms with Gasteiger partial charge in [0.25, 0.3) is 0 Å². The highest BCUT2D eigenvalue weighted by atomic mass is 16.6. The lowest BCUT2D eigenvalue weighted by molar-refractivity contribution is -0.132. The minimum absolute atomic E-state index is 0.0406. The van der Waals surface area contributed by atoms with Crippen molar-refractivity contribution in [2.24, 2.45) is 5.92 Å². The van der Waals surface area contributed by atoms with Crippen LogP contribution in [0.15, 0.2) is 78.9 Å². The molecule has 0 aliphatic carbocycles. The fraction of sp³-hybridized carbons (Fsp3) is 0.323. The molecule has 3 aromatic carbocycles. The molecule has 0 radical (unpaired) electrons. The Morgan fingerprint density at radius 3 is 2.22 bits per heavy atom. The van der Waals surface area contributed by atoms with Crippen molar-refractivity contribution >= 4 is 12.0 Å². The summed E-state index contributed by atoms with van der Waals surface area (Å²) in [5.41, 5.74) is 4.35. The van der Waals surface area contributed by atoms with E-state index in [1.807, 2.05) is 93.6 Å². The molecule has 186 valence electrons. The maximum absolute atomic E-state index is 13.2. The molecule has 36 heavy (non-hydrogen) atoms. The van der Waals surface area contributed by atoms with Gasteiger partial charge in [-0.05, 0) is 47.1 Å². The molecule has 0 saturated carbocycles. The highest BCUT2D eigenvalue weighted by Gasteiger charge is 2.33. The molecule has 0 spiro atoms. The third-order valence-electron chi connectivity index (χ3n) is 6.27. The fourth-order valence-corrected chi connectivity index (χ4v) is 4.18. The van der Waals surface area contributed by atoms with Crippen molar-refractivity contribution in [3.63, 3.8) is 0 Å². The first kappa shape index (κ1) is 26.7. The molecule has 0 aliphatic heterocycles. The molecule has 5 heteroatoms. The molecule has 3 aromatic rings. The van der Waals surface area contributed by atoms with Gasteiger partial charge in [-0.25, -0.2) is 9.69 Å². The Balaban J connectivity index is 1.82. The molecule has 0 heterocycles. The average molecular weight is 483 g/mol. The Hall–Kier alpha value is -3.91. The largest absolute Gasteiger partial charge is 0.444 e. The summed E-state index contributed by atoms with van der Waals surface area (Å²) in [6, 6.07) is 26.9. The summed E-state index contributed by atoms with van der Waals surface area (Å²) in [4.78, 5) is 27.7. The van der Waals surface area contributed by atoms with Gasteiger partial charge in [0.05, 0.1) is 11.6 Å². The number of carbonyl (C=O) groups is 2. The van der Waals surface area contributed by atoms with Crippen LogP contribution in [0, 0.1) is 17.2 Å². The highest BCUT2D eigenvalue weighted by Crippen LogP contribution is 2.26. The van der Waals surface area contributed by atoms with Crippen molar-refractivity contribution < 1.29 is 14.3 Å². The number of unbranched alkanes of at least 4 members (excludes halogenated alkanes) is 1. The van der Waals surface area contributed by atoms with Crippen LogP contribution in [0.5, 0.6) is 0 Å². The predicted octanol–water partition coefficient (Wildman–Crippen LogP) is 7.15. The third kappa shape index (κ3) is 7.05. The Kier molecular flexibility index (Phi) is 9.82. The number of hydrogen-bond donors (Lipinski definition) is 0. The van der Waals surface area contributed by atoms with Gasteiger partial charge >= 0.3 is 6.09 Å². The summed E-state index contributed by atoms with van der Waals surface area (Å²) in [7, 11) is 0. The average Bonchev–Trinajstić information content (AvgIpc) is 2.91. The van der Waals surface area contributed by atoms with Crippen LogP contribution in [-0.4, -0.2) is 22.9 Å². The first-order valence-corrected chi connectivity index (χ1v) is 12.6. The van der Waals surface area contributed by atoms with Gasteiger partial charge in [0.1, 0.15) is 6.61 Å². The maximum atomic E-state index is 13.2. The van der Waals surface area contributed by atoms with E-state index >= 15 is 0 Å². The van der Waals surface area contributed by atoms with Crippen LogP contribution in [0.3, 0.4) is 0 Å². The second-order valence-corrected chi connectivity index (χ2v) is 9.28. The van der Waals surface area contributed by atoms with Crippen LogP contribution >= 0.6 is 0 Å². The lowest BCUT2D eigenvalue weighted by Gasteiger charge is -2.32. The molecular formula is C31H34N2O3. The number of imide groups is 1. The molecule has 0 aromatic heterocycles. The van der Waals surface area contributed by atoms with E-state index in [9.17, 15) is 14.9 Å². The Bertz CT molecular complexity index is 1180. The number of amides is 2. The smallest absolute Gasteiger partial charge is 0.417 e. The zero-order valence-electron chi connectivity index (χ0n) is 21.3. The van der Waals surface area contributed by atoms with Gasteiger partial charge in [-0.1, -0.05) is 100.0 Å². The second-order valence-electron chi connectivity index (χ2n) is 9.28. The lowest BCUT2D eigenvalue weighted by Crippen LogP contribution is -2.48. The van der Waals surface area contributed by atoms with Gasteiger partial charge in [-0.2, -0.15) is 5.26 Å². The van der Waals surface area contributed by atoms with Gasteiger partial charge in [0.2, 0.25) is 5.91 Å². The maximum Gasteiger partial charge on any atom is 0.417 e. The number of carbonyl (C=O) groups excluding carboxylic acids is 2. The third-order valence-corrected chi connectivity index (χ3v) is 6.27. The van der Waals surface area contributed by atoms with Crippen molar-refractivity contribution in [3.05, 3.63) is 95.6 Å². The van der Waals surface area contributed by atoms with E-state index < -0.39 is 6.09 Å². The van der Waals surface area contributed by atoms with Crippen LogP contribution in [0.1, 0.15) is 56.7 Å². The van der Waals surface area contributed by atoms with E-state index in [4.69, 9.17) is 4.74 Å². The fourth-order valence-electron chi connectivity index (χ4n) is 4.18. The van der Waals surface area contributed by atoms with E-state index in [-0.39, 0.29) is 24.5 Å². The van der Waals surface area contributed by atoms with Crippen molar-refractivity contribution in [3.8, 4) is 17.2 Å². The molecule has 0 saturated heterocycles. The summed E-state index contributed by atoms with van der Waals surface area (Å²) in [6.07, 6.45) is 1.83. The number of nitrogens with zero attached hydrogens (tertiary/aromatic N) is 2. The van der Waals surface area contributed by atoms with Crippen LogP contribution < -0.4 is 0 Å². The predicted molar refractivity (Wildman–Crippen MR) is 142 cm³/mol. The zero-order chi connectivity index (χ0) is 25.9. The van der Waals surface area contributed by atoms with Crippen LogP contribution in [0.2, 0.25) is 0 Å². The van der Waals surface area contributed by atoms with E-state index in [1.165, 1.54) is 4.90 Å². The standard InChI is InChI=1S/C31H34N2O3/c1-4-5-15-30(34)33(31(35)36-22-25-11-7-6-8-12-25)29(23(2)3)20-24-16-18-26(19-17-24)28-14-10-9-13-27(28)21-32/h6-14,16-19,23,29H,4-5,15,20,22H2,1-3H3. The van der Waals surface area contributed by atoms with Crippen LogP contribution in [0.25, 0.3) is 11.1 Å². The first-order valence-electron chi connectivity index (χ1n) is 12.6. The topological polar surface area (TPSA) is 70.4 Å². The summed E-state index contributed by atoms with van der Waals surface area (Å²) in [5, 5.41) is 9.43. The van der Waals surface area contributed by atoms with Crippen molar-refractivity contribution in [1.82, 2.24) is 4.90 Å². The molecule has 0 N–H and O–H groups in total. The van der Waals surface area contributed by atoms with Gasteiger partial charge in [0.15, 0.2) is 0 Å². The molecule has 3 rings (SSSR count).